The van der Waals surface area contributed by atoms with Crippen LogP contribution in [0.1, 0.15) is 34.0 Å². The predicted octanol–water partition coefficient (Wildman–Crippen LogP) is 10.3. The van der Waals surface area contributed by atoms with E-state index in [2.05, 4.69) is 161 Å². The normalized spacial score (nSPS) is 14.1. The Labute approximate surface area is 289 Å². The van der Waals surface area contributed by atoms with Crippen LogP contribution in [0.2, 0.25) is 0 Å². The second kappa shape index (κ2) is 10.7. The van der Waals surface area contributed by atoms with Crippen LogP contribution in [0, 0.1) is 0 Å². The molecular weight excluding hydrogens is 617 g/mol. The minimum absolute atomic E-state index is 0.542. The molecule has 0 aliphatic carbocycles. The summed E-state index contributed by atoms with van der Waals surface area (Å²) in [6.45, 7) is 0. The summed E-state index contributed by atoms with van der Waals surface area (Å²) < 4.78 is 2.37. The Bertz CT molecular complexity index is 2540. The molecule has 0 bridgehead atoms. The van der Waals surface area contributed by atoms with E-state index < -0.39 is 11.6 Å². The van der Waals surface area contributed by atoms with Crippen molar-refractivity contribution >= 4 is 50.6 Å². The summed E-state index contributed by atoms with van der Waals surface area (Å²) in [5, 5.41) is 2.48. The van der Waals surface area contributed by atoms with E-state index >= 15 is 0 Å². The molecule has 0 saturated carbocycles. The van der Waals surface area contributed by atoms with Gasteiger partial charge in [0.1, 0.15) is 0 Å². The van der Waals surface area contributed by atoms with Gasteiger partial charge in [-0.05, 0) is 82.4 Å². The Morgan fingerprint density at radius 2 is 1.14 bits per heavy atom. The van der Waals surface area contributed by atoms with E-state index in [9.17, 15) is 0 Å². The van der Waals surface area contributed by atoms with Gasteiger partial charge in [-0.25, -0.2) is 0 Å². The van der Waals surface area contributed by atoms with E-state index in [0.29, 0.717) is 0 Å². The molecule has 4 nitrogen and oxygen atoms in total. The average Bonchev–Trinajstić information content (AvgIpc) is 3.50. The molecule has 0 fully saturated rings. The number of fused-ring (bicyclic) bond motifs is 12. The lowest BCUT2D eigenvalue weighted by atomic mass is 9.62. The fourth-order valence-electron chi connectivity index (χ4n) is 8.38. The quantitative estimate of drug-likeness (QED) is 0.187. The van der Waals surface area contributed by atoms with Crippen molar-refractivity contribution in [3.8, 4) is 5.69 Å². The van der Waals surface area contributed by atoms with Gasteiger partial charge >= 0.3 is 0 Å². The van der Waals surface area contributed by atoms with Gasteiger partial charge in [0.15, 0.2) is 0 Å². The van der Waals surface area contributed by atoms with Crippen LogP contribution in [0.5, 0.6) is 0 Å². The van der Waals surface area contributed by atoms with Crippen LogP contribution >= 0.6 is 11.8 Å². The molecule has 8 aromatic rings. The van der Waals surface area contributed by atoms with Crippen molar-refractivity contribution in [3.63, 3.8) is 0 Å². The highest BCUT2D eigenvalue weighted by molar-refractivity contribution is 7.99. The van der Waals surface area contributed by atoms with Gasteiger partial charge in [-0.2, -0.15) is 0 Å². The summed E-state index contributed by atoms with van der Waals surface area (Å²) >= 11 is 1.89. The lowest BCUT2D eigenvalue weighted by Crippen LogP contribution is -2.39. The monoisotopic (exact) mass is 648 g/mol. The number of para-hydroxylation sites is 4. The first kappa shape index (κ1) is 28.4. The molecule has 10 rings (SSSR count). The third kappa shape index (κ3) is 3.89. The first-order valence-electron chi connectivity index (χ1n) is 16.7. The van der Waals surface area contributed by atoms with Gasteiger partial charge in [-0.1, -0.05) is 121 Å². The van der Waals surface area contributed by atoms with Crippen molar-refractivity contribution in [1.29, 1.82) is 0 Å². The molecule has 2 aliphatic heterocycles. The number of anilines is 3. The van der Waals surface area contributed by atoms with E-state index in [1.54, 1.807) is 0 Å². The van der Waals surface area contributed by atoms with Crippen molar-refractivity contribution < 1.29 is 0 Å². The van der Waals surface area contributed by atoms with E-state index in [-0.39, 0.29) is 0 Å². The first-order valence-corrected chi connectivity index (χ1v) is 17.5. The van der Waals surface area contributed by atoms with Gasteiger partial charge in [-0.3, -0.25) is 0 Å². The molecule has 49 heavy (non-hydrogen) atoms. The number of benzene rings is 7. The Morgan fingerprint density at radius 3 is 1.90 bits per heavy atom. The van der Waals surface area contributed by atoms with Gasteiger partial charge in [-0.15, -0.1) is 0 Å². The maximum absolute atomic E-state index is 6.16. The lowest BCUT2D eigenvalue weighted by molar-refractivity contribution is 0.695. The molecule has 234 valence electrons. The van der Waals surface area contributed by atoms with E-state index in [1.165, 1.54) is 54.2 Å². The molecule has 0 saturated heterocycles. The largest absolute Gasteiger partial charge is 0.312 e. The molecule has 0 amide bonds. The summed E-state index contributed by atoms with van der Waals surface area (Å²) in [5.41, 5.74) is 24.8. The molecule has 7 aromatic carbocycles. The molecule has 0 radical (unpaired) electrons. The summed E-state index contributed by atoms with van der Waals surface area (Å²) in [4.78, 5) is 4.99. The first-order chi connectivity index (χ1) is 24.2. The van der Waals surface area contributed by atoms with E-state index in [0.717, 1.165) is 28.0 Å². The van der Waals surface area contributed by atoms with Gasteiger partial charge in [0.25, 0.3) is 0 Å². The molecule has 1 spiro atoms. The maximum Gasteiger partial charge on any atom is 0.0785 e. The number of aromatic nitrogens is 1. The van der Waals surface area contributed by atoms with Crippen LogP contribution in [-0.2, 0) is 5.41 Å². The fourth-order valence-corrected chi connectivity index (χ4v) is 9.73. The molecule has 0 atom stereocenters. The highest BCUT2D eigenvalue weighted by Crippen LogP contribution is 2.64. The van der Waals surface area contributed by atoms with Gasteiger partial charge in [0, 0.05) is 31.9 Å². The smallest absolute Gasteiger partial charge is 0.0785 e. The fraction of sp³-hybridized carbons (Fsp3) is 0.0455. The standard InChI is InChI=1S/C44H32N4S/c45-43(46)28-13-12-16-30(27-28)48-36-21-8-4-17-31(36)41-39(48)26-25-35-42(41)49-40-24-11-7-20-34(40)44(35)32-18-5-9-22-37(32)47(29-14-2-1-3-15-29)38-23-10-6-19-33(38)44/h1-27,43H,45-46H2. The zero-order valence-electron chi connectivity index (χ0n) is 26.6. The molecule has 5 heteroatoms. The van der Waals surface area contributed by atoms with E-state index in [4.69, 9.17) is 11.5 Å². The van der Waals surface area contributed by atoms with Crippen molar-refractivity contribution in [1.82, 2.24) is 4.57 Å². The Morgan fingerprint density at radius 1 is 0.510 bits per heavy atom. The minimum Gasteiger partial charge on any atom is -0.312 e. The van der Waals surface area contributed by atoms with Crippen LogP contribution in [0.4, 0.5) is 17.1 Å². The molecular formula is C44H32N4S. The van der Waals surface area contributed by atoms with Crippen LogP contribution in [0.3, 0.4) is 0 Å². The minimum atomic E-state index is -0.547. The molecule has 3 heterocycles. The predicted molar refractivity (Wildman–Crippen MR) is 203 cm³/mol. The van der Waals surface area contributed by atoms with Crippen molar-refractivity contribution in [2.24, 2.45) is 11.5 Å². The number of nitrogens with zero attached hydrogens (tertiary/aromatic N) is 2. The summed E-state index contributed by atoms with van der Waals surface area (Å²) in [6, 6.07) is 59.5. The summed E-state index contributed by atoms with van der Waals surface area (Å²) in [6.07, 6.45) is -0.547. The Balaban J connectivity index is 1.35. The highest BCUT2D eigenvalue weighted by atomic mass is 32.2. The third-order valence-electron chi connectivity index (χ3n) is 10.3. The highest BCUT2D eigenvalue weighted by Gasteiger charge is 2.50. The van der Waals surface area contributed by atoms with Crippen molar-refractivity contribution in [2.45, 2.75) is 21.4 Å². The summed E-state index contributed by atoms with van der Waals surface area (Å²) in [5.74, 6) is 0. The number of nitrogens with two attached hydrogens (primary N) is 2. The zero-order chi connectivity index (χ0) is 32.7. The van der Waals surface area contributed by atoms with Gasteiger partial charge in [0.2, 0.25) is 0 Å². The SMILES string of the molecule is NC(N)c1cccc(-n2c3ccccc3c3c4c(ccc32)C2(c3ccccc3S4)c3ccccc3N(c3ccccc3)c3ccccc32)c1. The average molecular weight is 649 g/mol. The van der Waals surface area contributed by atoms with Crippen LogP contribution in [0.25, 0.3) is 27.5 Å². The molecule has 1 aromatic heterocycles. The Kier molecular flexibility index (Phi) is 6.21. The zero-order valence-corrected chi connectivity index (χ0v) is 27.4. The van der Waals surface area contributed by atoms with Crippen LogP contribution < -0.4 is 16.4 Å². The van der Waals surface area contributed by atoms with E-state index in [1.807, 2.05) is 23.9 Å². The second-order valence-electron chi connectivity index (χ2n) is 12.9. The summed E-state index contributed by atoms with van der Waals surface area (Å²) in [7, 11) is 0. The maximum atomic E-state index is 6.16. The number of hydrogen-bond acceptors (Lipinski definition) is 4. The lowest BCUT2D eigenvalue weighted by Gasteiger charge is -2.49. The van der Waals surface area contributed by atoms with Gasteiger partial charge in [0.05, 0.1) is 34.0 Å². The van der Waals surface area contributed by atoms with Gasteiger partial charge < -0.3 is 20.9 Å². The third-order valence-corrected chi connectivity index (χ3v) is 11.5. The number of hydrogen-bond donors (Lipinski definition) is 2. The van der Waals surface area contributed by atoms with Crippen LogP contribution in [-0.4, -0.2) is 4.57 Å². The molecule has 4 N–H and O–H groups in total. The molecule has 2 aliphatic rings. The molecule has 0 unspecified atom stereocenters. The van der Waals surface area contributed by atoms with Crippen molar-refractivity contribution in [3.05, 3.63) is 192 Å². The van der Waals surface area contributed by atoms with Crippen molar-refractivity contribution in [2.75, 3.05) is 4.90 Å². The second-order valence-corrected chi connectivity index (χ2v) is 13.9. The van der Waals surface area contributed by atoms with Crippen LogP contribution in [0.15, 0.2) is 174 Å². The Hall–Kier alpha value is -5.59. The topological polar surface area (TPSA) is 60.2 Å². The number of rotatable bonds is 3.